The van der Waals surface area contributed by atoms with E-state index in [4.69, 9.17) is 14.7 Å². The fourth-order valence-corrected chi connectivity index (χ4v) is 3.04. The molecule has 1 amide bonds. The summed E-state index contributed by atoms with van der Waals surface area (Å²) < 4.78 is 11.5. The number of likely N-dealkylation sites (tertiary alicyclic amines) is 1. The Hall–Kier alpha value is -1.73. The smallest absolute Gasteiger partial charge is 0.267 e. The van der Waals surface area contributed by atoms with Gasteiger partial charge in [0.25, 0.3) is 5.91 Å². The fourth-order valence-electron chi connectivity index (χ4n) is 3.04. The average Bonchev–Trinajstić information content (AvgIpc) is 3.04. The second kappa shape index (κ2) is 7.23. The first-order chi connectivity index (χ1) is 11.2. The van der Waals surface area contributed by atoms with Crippen LogP contribution in [0.2, 0.25) is 0 Å². The lowest BCUT2D eigenvalue weighted by Crippen LogP contribution is -2.44. The van der Waals surface area contributed by atoms with Crippen LogP contribution in [-0.2, 0) is 20.8 Å². The Morgan fingerprint density at radius 3 is 2.48 bits per heavy atom. The molecule has 23 heavy (non-hydrogen) atoms. The van der Waals surface area contributed by atoms with Crippen molar-refractivity contribution in [2.75, 3.05) is 26.3 Å². The van der Waals surface area contributed by atoms with Gasteiger partial charge in [0.05, 0.1) is 13.2 Å². The Labute approximate surface area is 135 Å². The summed E-state index contributed by atoms with van der Waals surface area (Å²) in [5.41, 5.74) is 3.72. The first kappa shape index (κ1) is 16.1. The number of rotatable bonds is 4. The number of hydrogen-bond donors (Lipinski definition) is 2. The lowest BCUT2D eigenvalue weighted by Gasteiger charge is -2.37. The molecule has 6 heteroatoms. The standard InChI is InChI=1S/C17H22N2O4/c20-16(18-21)6-5-14-1-3-15(4-2-14)13-19-9-7-17(8-10-19)22-11-12-23-17/h1-6,21H,7-13H2,(H,18,20). The maximum Gasteiger partial charge on any atom is 0.267 e. The number of benzene rings is 1. The molecule has 2 heterocycles. The summed E-state index contributed by atoms with van der Waals surface area (Å²) in [6.45, 7) is 4.26. The Morgan fingerprint density at radius 1 is 1.22 bits per heavy atom. The summed E-state index contributed by atoms with van der Waals surface area (Å²) >= 11 is 0. The molecule has 3 rings (SSSR count). The quantitative estimate of drug-likeness (QED) is 0.501. The molecule has 0 saturated carbocycles. The van der Waals surface area contributed by atoms with Gasteiger partial charge < -0.3 is 9.47 Å². The molecule has 0 aliphatic carbocycles. The second-order valence-electron chi connectivity index (χ2n) is 5.93. The van der Waals surface area contributed by atoms with Gasteiger partial charge in [-0.25, -0.2) is 5.48 Å². The maximum atomic E-state index is 10.9. The van der Waals surface area contributed by atoms with E-state index in [1.165, 1.54) is 11.6 Å². The van der Waals surface area contributed by atoms with Gasteiger partial charge in [-0.15, -0.1) is 0 Å². The molecule has 0 bridgehead atoms. The molecule has 124 valence electrons. The van der Waals surface area contributed by atoms with E-state index >= 15 is 0 Å². The number of nitrogens with zero attached hydrogens (tertiary/aromatic N) is 1. The van der Waals surface area contributed by atoms with Crippen molar-refractivity contribution in [2.45, 2.75) is 25.2 Å². The molecular formula is C17H22N2O4. The number of amides is 1. The Balaban J connectivity index is 1.51. The molecule has 2 aliphatic rings. The minimum absolute atomic E-state index is 0.321. The van der Waals surface area contributed by atoms with Crippen LogP contribution in [0.4, 0.5) is 0 Å². The summed E-state index contributed by atoms with van der Waals surface area (Å²) in [6, 6.07) is 8.04. The molecule has 2 fully saturated rings. The predicted molar refractivity (Wildman–Crippen MR) is 84.6 cm³/mol. The fraction of sp³-hybridized carbons (Fsp3) is 0.471. The van der Waals surface area contributed by atoms with Crippen LogP contribution in [-0.4, -0.2) is 48.1 Å². The summed E-state index contributed by atoms with van der Waals surface area (Å²) in [6.07, 6.45) is 4.80. The number of carbonyl (C=O) groups excluding carboxylic acids is 1. The summed E-state index contributed by atoms with van der Waals surface area (Å²) in [4.78, 5) is 13.3. The van der Waals surface area contributed by atoms with Gasteiger partial charge in [0.2, 0.25) is 0 Å². The van der Waals surface area contributed by atoms with E-state index in [0.29, 0.717) is 13.2 Å². The van der Waals surface area contributed by atoms with Crippen LogP contribution >= 0.6 is 0 Å². The highest BCUT2D eigenvalue weighted by atomic mass is 16.7. The minimum atomic E-state index is -0.535. The van der Waals surface area contributed by atoms with Crippen LogP contribution < -0.4 is 5.48 Å². The normalized spacial score (nSPS) is 21.1. The van der Waals surface area contributed by atoms with Crippen molar-refractivity contribution >= 4 is 12.0 Å². The summed E-state index contributed by atoms with van der Waals surface area (Å²) in [7, 11) is 0. The Morgan fingerprint density at radius 2 is 1.87 bits per heavy atom. The van der Waals surface area contributed by atoms with Gasteiger partial charge in [-0.05, 0) is 17.2 Å². The lowest BCUT2D eigenvalue weighted by molar-refractivity contribution is -0.185. The Bertz CT molecular complexity index is 554. The van der Waals surface area contributed by atoms with Crippen molar-refractivity contribution in [1.82, 2.24) is 10.4 Å². The van der Waals surface area contributed by atoms with Crippen molar-refractivity contribution in [1.29, 1.82) is 0 Å². The SMILES string of the molecule is O=C(C=Cc1ccc(CN2CCC3(CC2)OCCO3)cc1)NO. The lowest BCUT2D eigenvalue weighted by atomic mass is 10.0. The molecule has 0 atom stereocenters. The third-order valence-corrected chi connectivity index (χ3v) is 4.35. The topological polar surface area (TPSA) is 71.0 Å². The van der Waals surface area contributed by atoms with E-state index in [2.05, 4.69) is 17.0 Å². The number of nitrogens with one attached hydrogen (secondary N) is 1. The van der Waals surface area contributed by atoms with E-state index in [1.54, 1.807) is 11.6 Å². The van der Waals surface area contributed by atoms with Crippen LogP contribution in [0, 0.1) is 0 Å². The van der Waals surface area contributed by atoms with E-state index < -0.39 is 5.91 Å². The average molecular weight is 318 g/mol. The molecule has 0 unspecified atom stereocenters. The zero-order valence-corrected chi connectivity index (χ0v) is 13.0. The largest absolute Gasteiger partial charge is 0.347 e. The zero-order chi connectivity index (χ0) is 16.1. The van der Waals surface area contributed by atoms with Crippen LogP contribution in [0.3, 0.4) is 0 Å². The van der Waals surface area contributed by atoms with Gasteiger partial charge in [0, 0.05) is 38.6 Å². The zero-order valence-electron chi connectivity index (χ0n) is 13.0. The van der Waals surface area contributed by atoms with Gasteiger partial charge in [0.1, 0.15) is 0 Å². The predicted octanol–water partition coefficient (Wildman–Crippen LogP) is 1.54. The van der Waals surface area contributed by atoms with Crippen LogP contribution in [0.15, 0.2) is 30.3 Å². The third kappa shape index (κ3) is 4.17. The van der Waals surface area contributed by atoms with Crippen LogP contribution in [0.5, 0.6) is 0 Å². The van der Waals surface area contributed by atoms with Crippen molar-refractivity contribution in [2.24, 2.45) is 0 Å². The second-order valence-corrected chi connectivity index (χ2v) is 5.93. The number of piperidine rings is 1. The van der Waals surface area contributed by atoms with Crippen LogP contribution in [0.1, 0.15) is 24.0 Å². The summed E-state index contributed by atoms with van der Waals surface area (Å²) in [5, 5.41) is 8.44. The van der Waals surface area contributed by atoms with Gasteiger partial charge >= 0.3 is 0 Å². The Kier molecular flexibility index (Phi) is 5.07. The van der Waals surface area contributed by atoms with Gasteiger partial charge in [-0.1, -0.05) is 24.3 Å². The van der Waals surface area contributed by atoms with Crippen molar-refractivity contribution < 1.29 is 19.5 Å². The molecule has 1 aromatic rings. The molecule has 1 aromatic carbocycles. The molecule has 6 nitrogen and oxygen atoms in total. The third-order valence-electron chi connectivity index (χ3n) is 4.35. The van der Waals surface area contributed by atoms with Crippen molar-refractivity contribution in [3.05, 3.63) is 41.5 Å². The molecule has 0 aromatic heterocycles. The monoisotopic (exact) mass is 318 g/mol. The number of hydrogen-bond acceptors (Lipinski definition) is 5. The molecule has 0 radical (unpaired) electrons. The highest BCUT2D eigenvalue weighted by molar-refractivity contribution is 5.90. The minimum Gasteiger partial charge on any atom is -0.347 e. The first-order valence-electron chi connectivity index (χ1n) is 7.90. The molecule has 2 saturated heterocycles. The van der Waals surface area contributed by atoms with Gasteiger partial charge in [-0.3, -0.25) is 14.9 Å². The number of ether oxygens (including phenoxy) is 2. The summed E-state index contributed by atoms with van der Waals surface area (Å²) in [5.74, 6) is -0.856. The van der Waals surface area contributed by atoms with Gasteiger partial charge in [0.15, 0.2) is 5.79 Å². The molecule has 2 aliphatic heterocycles. The first-order valence-corrected chi connectivity index (χ1v) is 7.90. The number of carbonyl (C=O) groups is 1. The van der Waals surface area contributed by atoms with E-state index in [-0.39, 0.29) is 5.79 Å². The highest BCUT2D eigenvalue weighted by Gasteiger charge is 2.39. The van der Waals surface area contributed by atoms with Crippen molar-refractivity contribution in [3.63, 3.8) is 0 Å². The highest BCUT2D eigenvalue weighted by Crippen LogP contribution is 2.31. The molecular weight excluding hydrogens is 296 g/mol. The molecule has 2 N–H and O–H groups in total. The molecule has 1 spiro atoms. The van der Waals surface area contributed by atoms with E-state index in [9.17, 15) is 4.79 Å². The van der Waals surface area contributed by atoms with E-state index in [1.807, 2.05) is 12.1 Å². The van der Waals surface area contributed by atoms with Gasteiger partial charge in [-0.2, -0.15) is 0 Å². The van der Waals surface area contributed by atoms with Crippen molar-refractivity contribution in [3.8, 4) is 0 Å². The van der Waals surface area contributed by atoms with E-state index in [0.717, 1.165) is 38.0 Å². The maximum absolute atomic E-state index is 10.9. The number of hydroxylamine groups is 1. The van der Waals surface area contributed by atoms with Crippen LogP contribution in [0.25, 0.3) is 6.08 Å².